The van der Waals surface area contributed by atoms with Crippen molar-refractivity contribution in [2.75, 3.05) is 13.2 Å². The molecule has 0 spiro atoms. The minimum atomic E-state index is -0.812. The van der Waals surface area contributed by atoms with Crippen molar-refractivity contribution < 1.29 is 28.6 Å². The summed E-state index contributed by atoms with van der Waals surface area (Å²) in [5.41, 5.74) is 0. The average Bonchev–Trinajstić information content (AvgIpc) is 3.27. The van der Waals surface area contributed by atoms with Gasteiger partial charge in [-0.25, -0.2) is 0 Å². The van der Waals surface area contributed by atoms with Crippen LogP contribution in [0.3, 0.4) is 0 Å². The Hall–Kier alpha value is -3.67. The summed E-state index contributed by atoms with van der Waals surface area (Å²) in [4.78, 5) is 37.8. The van der Waals surface area contributed by atoms with E-state index in [2.05, 4.69) is 57.2 Å². The van der Waals surface area contributed by atoms with Crippen LogP contribution in [0.15, 0.2) is 97.2 Å². The zero-order chi connectivity index (χ0) is 45.1. The Morgan fingerprint density at radius 3 is 1.19 bits per heavy atom. The third-order valence-electron chi connectivity index (χ3n) is 10.5. The van der Waals surface area contributed by atoms with Crippen LogP contribution >= 0.6 is 0 Å². The van der Waals surface area contributed by atoms with Crippen LogP contribution in [0.4, 0.5) is 0 Å². The van der Waals surface area contributed by atoms with Crippen molar-refractivity contribution in [3.63, 3.8) is 0 Å². The SMILES string of the molecule is CC\C=C/C=C\C=C/C=C\C=C\C=C/CCCCCC(=O)OC(COC(=O)CCCC/C=C\C/C=C\CC)COC(=O)CCCCCCCCCCCCCCCCCCCC. The third kappa shape index (κ3) is 47.4. The van der Waals surface area contributed by atoms with Gasteiger partial charge in [0, 0.05) is 19.3 Å². The highest BCUT2D eigenvalue weighted by Gasteiger charge is 2.19. The molecule has 0 N–H and O–H groups in total. The van der Waals surface area contributed by atoms with Crippen LogP contribution in [-0.4, -0.2) is 37.2 Å². The van der Waals surface area contributed by atoms with Gasteiger partial charge in [-0.3, -0.25) is 14.4 Å². The fourth-order valence-corrected chi connectivity index (χ4v) is 6.75. The highest BCUT2D eigenvalue weighted by Crippen LogP contribution is 2.15. The minimum absolute atomic E-state index is 0.106. The van der Waals surface area contributed by atoms with Crippen LogP contribution in [-0.2, 0) is 28.6 Å². The van der Waals surface area contributed by atoms with Gasteiger partial charge in [0.1, 0.15) is 13.2 Å². The van der Waals surface area contributed by atoms with E-state index in [0.29, 0.717) is 19.3 Å². The molecule has 0 saturated carbocycles. The molecule has 0 aliphatic carbocycles. The number of hydrogen-bond donors (Lipinski definition) is 0. The molecule has 0 aliphatic heterocycles. The molecule has 0 fully saturated rings. The maximum Gasteiger partial charge on any atom is 0.306 e. The number of ether oxygens (including phenoxy) is 3. The predicted molar refractivity (Wildman–Crippen MR) is 265 cm³/mol. The van der Waals surface area contributed by atoms with Gasteiger partial charge in [-0.15, -0.1) is 0 Å². The van der Waals surface area contributed by atoms with Gasteiger partial charge < -0.3 is 14.2 Å². The van der Waals surface area contributed by atoms with E-state index in [4.69, 9.17) is 14.2 Å². The average molecular weight is 861 g/mol. The number of esters is 3. The third-order valence-corrected chi connectivity index (χ3v) is 10.5. The van der Waals surface area contributed by atoms with Gasteiger partial charge in [0.05, 0.1) is 0 Å². The quantitative estimate of drug-likeness (QED) is 0.0200. The van der Waals surface area contributed by atoms with Crippen molar-refractivity contribution in [1.82, 2.24) is 0 Å². The fourth-order valence-electron chi connectivity index (χ4n) is 6.75. The molecule has 6 heteroatoms. The number of allylic oxidation sites excluding steroid dienone is 16. The van der Waals surface area contributed by atoms with Gasteiger partial charge in [0.2, 0.25) is 0 Å². The van der Waals surface area contributed by atoms with Crippen LogP contribution in [0, 0.1) is 0 Å². The largest absolute Gasteiger partial charge is 0.462 e. The molecule has 352 valence electrons. The minimum Gasteiger partial charge on any atom is -0.462 e. The standard InChI is InChI=1S/C56H92O6/c1-4-7-10-13-16-19-21-23-25-27-29-30-32-34-37-40-43-46-49-55(58)61-52-53(51-60-54(57)48-45-42-39-36-18-15-12-9-6-3)62-56(59)50-47-44-41-38-35-33-31-28-26-24-22-20-17-14-11-8-5-2/h8-9,11-12,14,17-18,20,22,24,26,28,31,33,35-36,53H,4-7,10,13,15-16,19,21,23,25,27,29-30,32,34,37-52H2,1-3H3/b11-8-,12-9-,17-14-,22-20-,26-24-,31-28+,35-33-,36-18-. The molecule has 6 nitrogen and oxygen atoms in total. The van der Waals surface area contributed by atoms with E-state index in [-0.39, 0.29) is 37.5 Å². The van der Waals surface area contributed by atoms with Crippen molar-refractivity contribution >= 4 is 17.9 Å². The van der Waals surface area contributed by atoms with Gasteiger partial charge in [-0.2, -0.15) is 0 Å². The van der Waals surface area contributed by atoms with E-state index < -0.39 is 6.10 Å². The van der Waals surface area contributed by atoms with E-state index in [1.807, 2.05) is 60.8 Å². The highest BCUT2D eigenvalue weighted by molar-refractivity contribution is 5.71. The number of rotatable bonds is 44. The molecule has 0 heterocycles. The summed E-state index contributed by atoms with van der Waals surface area (Å²) in [5.74, 6) is -0.991. The molecule has 0 aliphatic rings. The molecule has 0 aromatic heterocycles. The molecule has 0 bridgehead atoms. The highest BCUT2D eigenvalue weighted by atomic mass is 16.6. The lowest BCUT2D eigenvalue weighted by molar-refractivity contribution is -0.167. The Labute approximate surface area is 381 Å². The molecule has 0 amide bonds. The van der Waals surface area contributed by atoms with Gasteiger partial charge >= 0.3 is 17.9 Å². The topological polar surface area (TPSA) is 78.9 Å². The monoisotopic (exact) mass is 861 g/mol. The van der Waals surface area contributed by atoms with E-state index in [1.165, 1.54) is 96.3 Å². The zero-order valence-electron chi connectivity index (χ0n) is 40.1. The summed E-state index contributed by atoms with van der Waals surface area (Å²) in [7, 11) is 0. The van der Waals surface area contributed by atoms with Crippen molar-refractivity contribution in [2.24, 2.45) is 0 Å². The second kappa shape index (κ2) is 50.0. The van der Waals surface area contributed by atoms with E-state index >= 15 is 0 Å². The van der Waals surface area contributed by atoms with E-state index in [0.717, 1.165) is 77.0 Å². The normalized spacial score (nSPS) is 12.9. The molecule has 1 atom stereocenters. The Morgan fingerprint density at radius 1 is 0.355 bits per heavy atom. The van der Waals surface area contributed by atoms with Crippen LogP contribution < -0.4 is 0 Å². The number of carbonyl (C=O) groups is 3. The number of unbranched alkanes of at least 4 members (excludes halogenated alkanes) is 22. The smallest absolute Gasteiger partial charge is 0.306 e. The molecule has 0 saturated heterocycles. The fraction of sp³-hybridized carbons (Fsp3) is 0.661. The lowest BCUT2D eigenvalue weighted by Crippen LogP contribution is -2.30. The van der Waals surface area contributed by atoms with Crippen LogP contribution in [0.2, 0.25) is 0 Å². The zero-order valence-corrected chi connectivity index (χ0v) is 40.1. The maximum atomic E-state index is 12.8. The van der Waals surface area contributed by atoms with Crippen molar-refractivity contribution in [2.45, 2.75) is 226 Å². The lowest BCUT2D eigenvalue weighted by Gasteiger charge is -2.18. The summed E-state index contributed by atoms with van der Waals surface area (Å²) in [6.07, 6.45) is 65.5. The van der Waals surface area contributed by atoms with Gasteiger partial charge in [-0.1, -0.05) is 234 Å². The van der Waals surface area contributed by atoms with Crippen LogP contribution in [0.1, 0.15) is 220 Å². The summed E-state index contributed by atoms with van der Waals surface area (Å²) < 4.78 is 16.7. The van der Waals surface area contributed by atoms with E-state index in [1.54, 1.807) is 0 Å². The molecule has 0 radical (unpaired) electrons. The summed E-state index contributed by atoms with van der Waals surface area (Å²) in [6.45, 7) is 6.30. The summed E-state index contributed by atoms with van der Waals surface area (Å²) >= 11 is 0. The molecule has 1 unspecified atom stereocenters. The van der Waals surface area contributed by atoms with Crippen LogP contribution in [0.5, 0.6) is 0 Å². The number of carbonyl (C=O) groups excluding carboxylic acids is 3. The second-order valence-corrected chi connectivity index (χ2v) is 16.5. The summed E-state index contributed by atoms with van der Waals surface area (Å²) in [5, 5.41) is 0. The maximum absolute atomic E-state index is 12.8. The first kappa shape index (κ1) is 58.3. The van der Waals surface area contributed by atoms with Crippen molar-refractivity contribution in [3.8, 4) is 0 Å². The lowest BCUT2D eigenvalue weighted by atomic mass is 10.0. The van der Waals surface area contributed by atoms with Crippen molar-refractivity contribution in [1.29, 1.82) is 0 Å². The van der Waals surface area contributed by atoms with E-state index in [9.17, 15) is 14.4 Å². The first-order valence-corrected chi connectivity index (χ1v) is 25.3. The Bertz CT molecular complexity index is 1260. The number of hydrogen-bond acceptors (Lipinski definition) is 6. The first-order valence-electron chi connectivity index (χ1n) is 25.3. The van der Waals surface area contributed by atoms with Gasteiger partial charge in [0.15, 0.2) is 6.10 Å². The summed E-state index contributed by atoms with van der Waals surface area (Å²) in [6, 6.07) is 0. The predicted octanol–water partition coefficient (Wildman–Crippen LogP) is 16.6. The Balaban J connectivity index is 4.42. The second-order valence-electron chi connectivity index (χ2n) is 16.5. The van der Waals surface area contributed by atoms with Gasteiger partial charge in [0.25, 0.3) is 0 Å². The Morgan fingerprint density at radius 2 is 0.710 bits per heavy atom. The molecule has 62 heavy (non-hydrogen) atoms. The van der Waals surface area contributed by atoms with Crippen molar-refractivity contribution in [3.05, 3.63) is 97.2 Å². The molecule has 0 aromatic carbocycles. The Kier molecular flexibility index (Phi) is 47.0. The van der Waals surface area contributed by atoms with Gasteiger partial charge in [-0.05, 0) is 64.2 Å². The molecule has 0 aromatic rings. The molecular formula is C56H92O6. The first-order chi connectivity index (χ1) is 30.5. The van der Waals surface area contributed by atoms with Crippen LogP contribution in [0.25, 0.3) is 0 Å². The molecular weight excluding hydrogens is 769 g/mol. The molecule has 0 rings (SSSR count).